The molecule has 0 aliphatic carbocycles. The van der Waals surface area contributed by atoms with Crippen molar-refractivity contribution in [1.82, 2.24) is 9.97 Å². The van der Waals surface area contributed by atoms with Crippen molar-refractivity contribution in [3.8, 4) is 17.0 Å². The number of carboxylic acids is 1. The summed E-state index contributed by atoms with van der Waals surface area (Å²) < 4.78 is 12.0. The number of piperidine rings is 1. The fraction of sp³-hybridized carbons (Fsp3) is 0.621. The van der Waals surface area contributed by atoms with E-state index >= 15 is 0 Å². The van der Waals surface area contributed by atoms with Gasteiger partial charge in [0.15, 0.2) is 6.10 Å². The molecule has 1 fully saturated rings. The summed E-state index contributed by atoms with van der Waals surface area (Å²) >= 11 is 0. The molecular formula is C29H43N3O4. The Balaban J connectivity index is 2.19. The Labute approximate surface area is 216 Å². The van der Waals surface area contributed by atoms with Gasteiger partial charge in [0.2, 0.25) is 5.88 Å². The number of rotatable bonds is 8. The maximum Gasteiger partial charge on any atom is 0.337 e. The molecule has 1 saturated heterocycles. The van der Waals surface area contributed by atoms with Crippen LogP contribution in [-0.4, -0.2) is 46.3 Å². The maximum absolute atomic E-state index is 12.6. The van der Waals surface area contributed by atoms with Crippen LogP contribution in [0.1, 0.15) is 84.4 Å². The Morgan fingerprint density at radius 2 is 1.75 bits per heavy atom. The molecule has 1 aliphatic rings. The van der Waals surface area contributed by atoms with Crippen molar-refractivity contribution in [2.75, 3.05) is 24.6 Å². The van der Waals surface area contributed by atoms with Crippen LogP contribution < -0.4 is 9.64 Å². The number of aliphatic carboxylic acids is 1. The fourth-order valence-corrected chi connectivity index (χ4v) is 4.54. The number of aryl methyl sites for hydroxylation is 2. The molecule has 3 heterocycles. The molecule has 3 rings (SSSR count). The van der Waals surface area contributed by atoms with E-state index in [-0.39, 0.29) is 5.41 Å². The zero-order valence-electron chi connectivity index (χ0n) is 23.4. The molecule has 0 radical (unpaired) electrons. The minimum absolute atomic E-state index is 0.250. The Kier molecular flexibility index (Phi) is 8.33. The molecule has 1 N–H and O–H groups in total. The van der Waals surface area contributed by atoms with Crippen LogP contribution in [0.5, 0.6) is 5.88 Å². The average molecular weight is 498 g/mol. The van der Waals surface area contributed by atoms with Gasteiger partial charge in [-0.1, -0.05) is 27.7 Å². The number of nitrogens with zero attached hydrogens (tertiary/aromatic N) is 3. The molecule has 0 saturated carbocycles. The van der Waals surface area contributed by atoms with Crippen LogP contribution in [0, 0.1) is 25.2 Å². The van der Waals surface area contributed by atoms with Gasteiger partial charge in [0.1, 0.15) is 0 Å². The summed E-state index contributed by atoms with van der Waals surface area (Å²) in [6, 6.07) is 3.89. The van der Waals surface area contributed by atoms with Crippen molar-refractivity contribution >= 4 is 11.7 Å². The van der Waals surface area contributed by atoms with Crippen LogP contribution in [0.2, 0.25) is 0 Å². The molecule has 2 aromatic rings. The predicted molar refractivity (Wildman–Crippen MR) is 144 cm³/mol. The Morgan fingerprint density at radius 1 is 1.11 bits per heavy atom. The van der Waals surface area contributed by atoms with Gasteiger partial charge in [-0.2, -0.15) is 0 Å². The van der Waals surface area contributed by atoms with Crippen LogP contribution in [0.25, 0.3) is 11.1 Å². The van der Waals surface area contributed by atoms with Crippen molar-refractivity contribution in [2.45, 2.75) is 86.9 Å². The lowest BCUT2D eigenvalue weighted by Gasteiger charge is -2.41. The van der Waals surface area contributed by atoms with E-state index in [0.29, 0.717) is 29.7 Å². The van der Waals surface area contributed by atoms with Gasteiger partial charge in [-0.15, -0.1) is 0 Å². The van der Waals surface area contributed by atoms with Crippen molar-refractivity contribution < 1.29 is 19.4 Å². The second kappa shape index (κ2) is 10.8. The molecule has 2 aromatic heterocycles. The molecule has 1 aliphatic heterocycles. The van der Waals surface area contributed by atoms with Gasteiger partial charge >= 0.3 is 5.97 Å². The van der Waals surface area contributed by atoms with Crippen LogP contribution >= 0.6 is 0 Å². The van der Waals surface area contributed by atoms with Crippen LogP contribution in [0.4, 0.5) is 5.69 Å². The lowest BCUT2D eigenvalue weighted by atomic mass is 9.82. The van der Waals surface area contributed by atoms with Gasteiger partial charge in [-0.3, -0.25) is 4.98 Å². The predicted octanol–water partition coefficient (Wildman–Crippen LogP) is 6.36. The van der Waals surface area contributed by atoms with Gasteiger partial charge in [0, 0.05) is 53.4 Å². The summed E-state index contributed by atoms with van der Waals surface area (Å²) in [5, 5.41) is 10.3. The Morgan fingerprint density at radius 3 is 2.28 bits per heavy atom. The van der Waals surface area contributed by atoms with Gasteiger partial charge in [-0.05, 0) is 64.9 Å². The summed E-state index contributed by atoms with van der Waals surface area (Å²) in [6.07, 6.45) is 2.75. The van der Waals surface area contributed by atoms with Crippen molar-refractivity contribution in [3.63, 3.8) is 0 Å². The molecule has 1 unspecified atom stereocenters. The van der Waals surface area contributed by atoms with E-state index in [1.807, 2.05) is 52.9 Å². The van der Waals surface area contributed by atoms with Gasteiger partial charge in [-0.25, -0.2) is 9.78 Å². The van der Waals surface area contributed by atoms with E-state index < -0.39 is 17.7 Å². The second-order valence-electron chi connectivity index (χ2n) is 12.1. The quantitative estimate of drug-likeness (QED) is 0.454. The standard InChI is InChI=1S/C29H43N3O4/c1-18(2)17-35-23-11-10-21(19(3)31-23)22-16-30-20(4)24(26(27(33)34)36-28(5,6)7)25(22)32-14-12-29(8,9)13-15-32/h10-11,16,18,26H,12-15,17H2,1-9H3,(H,33,34). The first-order valence-electron chi connectivity index (χ1n) is 12.9. The molecule has 1 atom stereocenters. The molecule has 0 amide bonds. The summed E-state index contributed by atoms with van der Waals surface area (Å²) in [7, 11) is 0. The smallest absolute Gasteiger partial charge is 0.337 e. The van der Waals surface area contributed by atoms with Crippen LogP contribution in [0.15, 0.2) is 18.3 Å². The first-order chi connectivity index (χ1) is 16.7. The molecule has 36 heavy (non-hydrogen) atoms. The van der Waals surface area contributed by atoms with E-state index in [0.717, 1.165) is 48.4 Å². The molecule has 0 bridgehead atoms. The van der Waals surface area contributed by atoms with Crippen molar-refractivity contribution in [2.24, 2.45) is 11.3 Å². The first-order valence-corrected chi connectivity index (χ1v) is 12.9. The third kappa shape index (κ3) is 6.75. The number of hydrogen-bond donors (Lipinski definition) is 1. The zero-order valence-corrected chi connectivity index (χ0v) is 23.4. The number of aromatic nitrogens is 2. The number of hydrogen-bond acceptors (Lipinski definition) is 6. The SMILES string of the molecule is Cc1nc(OCC(C)C)ccc1-c1cnc(C)c(C(OC(C)(C)C)C(=O)O)c1N1CCC(C)(C)CC1. The minimum Gasteiger partial charge on any atom is -0.479 e. The molecule has 7 heteroatoms. The van der Waals surface area contributed by atoms with E-state index in [1.165, 1.54) is 0 Å². The van der Waals surface area contributed by atoms with E-state index in [4.69, 9.17) is 14.5 Å². The van der Waals surface area contributed by atoms with E-state index in [9.17, 15) is 9.90 Å². The van der Waals surface area contributed by atoms with Gasteiger partial charge in [0.25, 0.3) is 0 Å². The van der Waals surface area contributed by atoms with E-state index in [1.54, 1.807) is 0 Å². The minimum atomic E-state index is -1.13. The van der Waals surface area contributed by atoms with Gasteiger partial charge < -0.3 is 19.5 Å². The second-order valence-corrected chi connectivity index (χ2v) is 12.1. The number of ether oxygens (including phenoxy) is 2. The third-order valence-electron chi connectivity index (χ3n) is 6.59. The summed E-state index contributed by atoms with van der Waals surface area (Å²) in [6.45, 7) is 20.5. The molecule has 7 nitrogen and oxygen atoms in total. The Hall–Kier alpha value is -2.67. The highest BCUT2D eigenvalue weighted by atomic mass is 16.5. The molecule has 198 valence electrons. The Bertz CT molecular complexity index is 1080. The summed E-state index contributed by atoms with van der Waals surface area (Å²) in [5.41, 5.74) is 4.39. The van der Waals surface area contributed by atoms with Crippen molar-refractivity contribution in [3.05, 3.63) is 35.3 Å². The van der Waals surface area contributed by atoms with Crippen LogP contribution in [0.3, 0.4) is 0 Å². The van der Waals surface area contributed by atoms with E-state index in [2.05, 4.69) is 37.6 Å². The normalized spacial score (nSPS) is 16.8. The number of carboxylic acid groups (broad SMARTS) is 1. The lowest BCUT2D eigenvalue weighted by Crippen LogP contribution is -2.39. The average Bonchev–Trinajstić information content (AvgIpc) is 2.76. The zero-order chi connectivity index (χ0) is 26.8. The molecule has 0 aromatic carbocycles. The summed E-state index contributed by atoms with van der Waals surface area (Å²) in [5.74, 6) is -0.0230. The topological polar surface area (TPSA) is 84.8 Å². The monoisotopic (exact) mass is 497 g/mol. The van der Waals surface area contributed by atoms with Crippen LogP contribution in [-0.2, 0) is 9.53 Å². The highest BCUT2D eigenvalue weighted by Crippen LogP contribution is 2.44. The summed E-state index contributed by atoms with van der Waals surface area (Å²) in [4.78, 5) is 24.2. The number of pyridine rings is 2. The lowest BCUT2D eigenvalue weighted by molar-refractivity contribution is -0.160. The molecule has 0 spiro atoms. The largest absolute Gasteiger partial charge is 0.479 e. The fourth-order valence-electron chi connectivity index (χ4n) is 4.54. The highest BCUT2D eigenvalue weighted by Gasteiger charge is 2.36. The molecular weight excluding hydrogens is 454 g/mol. The first kappa shape index (κ1) is 27.9. The van der Waals surface area contributed by atoms with Crippen molar-refractivity contribution in [1.29, 1.82) is 0 Å². The number of anilines is 1. The number of carbonyl (C=O) groups is 1. The van der Waals surface area contributed by atoms with Gasteiger partial charge in [0.05, 0.1) is 17.9 Å². The maximum atomic E-state index is 12.6. The third-order valence-corrected chi connectivity index (χ3v) is 6.59. The highest BCUT2D eigenvalue weighted by molar-refractivity contribution is 5.87.